The fraction of sp³-hybridized carbons (Fsp3) is 0.125. The first-order chi connectivity index (χ1) is 12.2. The van der Waals surface area contributed by atoms with Crippen LogP contribution in [-0.4, -0.2) is 26.4 Å². The van der Waals surface area contributed by atoms with E-state index in [-0.39, 0.29) is 27.3 Å². The molecule has 2 heterocycles. The molecule has 10 heteroatoms. The van der Waals surface area contributed by atoms with Gasteiger partial charge in [0.2, 0.25) is 5.09 Å². The first-order valence-electron chi connectivity index (χ1n) is 7.33. The normalized spacial score (nSPS) is 11.7. The molecule has 1 aromatic carbocycles. The van der Waals surface area contributed by atoms with Crippen LogP contribution < -0.4 is 10.0 Å². The van der Waals surface area contributed by atoms with Crippen LogP contribution in [0.15, 0.2) is 39.8 Å². The van der Waals surface area contributed by atoms with Crippen LogP contribution in [0.25, 0.3) is 10.9 Å². The van der Waals surface area contributed by atoms with Gasteiger partial charge < -0.3 is 9.73 Å². The number of pyridine rings is 1. The molecular formula is C16H13Cl2N3O4S. The van der Waals surface area contributed by atoms with Crippen LogP contribution in [0.5, 0.6) is 0 Å². The highest BCUT2D eigenvalue weighted by molar-refractivity contribution is 7.89. The van der Waals surface area contributed by atoms with Crippen molar-refractivity contribution in [1.82, 2.24) is 9.71 Å². The Morgan fingerprint density at radius 3 is 2.58 bits per heavy atom. The molecule has 0 radical (unpaired) electrons. The summed E-state index contributed by atoms with van der Waals surface area (Å²) >= 11 is 12.1. The fourth-order valence-electron chi connectivity index (χ4n) is 2.30. The second-order valence-corrected chi connectivity index (χ2v) is 7.93. The highest BCUT2D eigenvalue weighted by Crippen LogP contribution is 2.30. The highest BCUT2D eigenvalue weighted by Gasteiger charge is 2.23. The predicted molar refractivity (Wildman–Crippen MR) is 99.4 cm³/mol. The predicted octanol–water partition coefficient (Wildman–Crippen LogP) is 3.60. The number of halogens is 2. The lowest BCUT2D eigenvalue weighted by molar-refractivity contribution is 0.102. The van der Waals surface area contributed by atoms with Gasteiger partial charge in [0, 0.05) is 11.5 Å². The molecule has 0 bridgehead atoms. The zero-order chi connectivity index (χ0) is 19.1. The number of nitrogens with one attached hydrogen (secondary N) is 2. The molecule has 3 aromatic rings. The topological polar surface area (TPSA) is 101 Å². The Labute approximate surface area is 159 Å². The Kier molecular flexibility index (Phi) is 4.94. The largest absolute Gasteiger partial charge is 0.448 e. The molecule has 26 heavy (non-hydrogen) atoms. The molecule has 1 amide bonds. The van der Waals surface area contributed by atoms with Gasteiger partial charge in [0.25, 0.3) is 15.9 Å². The molecular weight excluding hydrogens is 401 g/mol. The van der Waals surface area contributed by atoms with Gasteiger partial charge in [0.05, 0.1) is 21.1 Å². The molecule has 0 aliphatic carbocycles. The zero-order valence-corrected chi connectivity index (χ0v) is 16.0. The van der Waals surface area contributed by atoms with Crippen LogP contribution in [-0.2, 0) is 10.0 Å². The molecule has 0 aliphatic heterocycles. The Morgan fingerprint density at radius 2 is 1.88 bits per heavy atom. The van der Waals surface area contributed by atoms with Crippen molar-refractivity contribution in [2.45, 2.75) is 12.0 Å². The molecule has 7 nitrogen and oxygen atoms in total. The summed E-state index contributed by atoms with van der Waals surface area (Å²) in [6.07, 6.45) is 0. The summed E-state index contributed by atoms with van der Waals surface area (Å²) in [7, 11) is -2.54. The van der Waals surface area contributed by atoms with Crippen molar-refractivity contribution < 1.29 is 17.6 Å². The lowest BCUT2D eigenvalue weighted by Gasteiger charge is -2.07. The number of rotatable bonds is 4. The summed E-state index contributed by atoms with van der Waals surface area (Å²) in [4.78, 5) is 16.8. The van der Waals surface area contributed by atoms with Crippen LogP contribution in [0.2, 0.25) is 10.0 Å². The third-order valence-electron chi connectivity index (χ3n) is 3.67. The van der Waals surface area contributed by atoms with E-state index in [1.54, 1.807) is 24.3 Å². The van der Waals surface area contributed by atoms with Gasteiger partial charge in [-0.2, -0.15) is 0 Å². The summed E-state index contributed by atoms with van der Waals surface area (Å²) in [5, 5.41) is 3.64. The number of fused-ring (bicyclic) bond motifs is 1. The van der Waals surface area contributed by atoms with Crippen LogP contribution in [0.3, 0.4) is 0 Å². The minimum atomic E-state index is -3.79. The average Bonchev–Trinajstić information content (AvgIpc) is 3.01. The fourth-order valence-corrected chi connectivity index (χ4v) is 3.37. The number of nitrogens with zero attached hydrogens (tertiary/aromatic N) is 1. The number of anilines is 1. The Bertz CT molecular complexity index is 1130. The van der Waals surface area contributed by atoms with Crippen molar-refractivity contribution >= 4 is 55.9 Å². The second-order valence-electron chi connectivity index (χ2n) is 5.33. The molecule has 0 saturated carbocycles. The lowest BCUT2D eigenvalue weighted by atomic mass is 10.2. The van der Waals surface area contributed by atoms with E-state index in [2.05, 4.69) is 15.0 Å². The van der Waals surface area contributed by atoms with Crippen molar-refractivity contribution in [3.8, 4) is 0 Å². The van der Waals surface area contributed by atoms with E-state index in [1.165, 1.54) is 14.0 Å². The molecule has 0 aliphatic rings. The van der Waals surface area contributed by atoms with E-state index in [0.29, 0.717) is 10.5 Å². The van der Waals surface area contributed by atoms with E-state index < -0.39 is 15.9 Å². The molecule has 0 spiro atoms. The van der Waals surface area contributed by atoms with Crippen molar-refractivity contribution in [3.05, 3.63) is 51.7 Å². The third kappa shape index (κ3) is 3.41. The standard InChI is InChI=1S/C16H13Cl2N3O4S/c1-8-10(7-13(25-8)26(23,24)19-2)16(22)21-12-6-4-9-3-5-11(17)14(18)15(9)20-12/h3-7,19H,1-2H3,(H,20,21,22). The Hall–Kier alpha value is -2.13. The molecule has 3 rings (SSSR count). The van der Waals surface area contributed by atoms with Crippen LogP contribution >= 0.6 is 23.2 Å². The monoisotopic (exact) mass is 413 g/mol. The molecule has 0 saturated heterocycles. The van der Waals surface area contributed by atoms with Crippen molar-refractivity contribution in [1.29, 1.82) is 0 Å². The van der Waals surface area contributed by atoms with Gasteiger partial charge in [-0.05, 0) is 32.2 Å². The van der Waals surface area contributed by atoms with E-state index in [0.717, 1.165) is 11.5 Å². The molecule has 0 atom stereocenters. The number of aryl methyl sites for hydroxylation is 1. The third-order valence-corrected chi connectivity index (χ3v) is 5.73. The van der Waals surface area contributed by atoms with E-state index in [4.69, 9.17) is 27.6 Å². The molecule has 2 N–H and O–H groups in total. The summed E-state index contributed by atoms with van der Waals surface area (Å²) in [5.41, 5.74) is 0.525. The van der Waals surface area contributed by atoms with Gasteiger partial charge in [-0.3, -0.25) is 4.79 Å². The highest BCUT2D eigenvalue weighted by atomic mass is 35.5. The number of amides is 1. The Morgan fingerprint density at radius 1 is 1.19 bits per heavy atom. The summed E-state index contributed by atoms with van der Waals surface area (Å²) in [6.45, 7) is 1.49. The number of carbonyl (C=O) groups excluding carboxylic acids is 1. The van der Waals surface area contributed by atoms with Crippen LogP contribution in [0.4, 0.5) is 5.82 Å². The van der Waals surface area contributed by atoms with Gasteiger partial charge in [-0.1, -0.05) is 29.3 Å². The van der Waals surface area contributed by atoms with Gasteiger partial charge in [0.15, 0.2) is 0 Å². The van der Waals surface area contributed by atoms with Crippen molar-refractivity contribution in [2.24, 2.45) is 0 Å². The summed E-state index contributed by atoms with van der Waals surface area (Å²) in [5.74, 6) is -0.155. The molecule has 0 fully saturated rings. The smallest absolute Gasteiger partial charge is 0.273 e. The van der Waals surface area contributed by atoms with Gasteiger partial charge >= 0.3 is 0 Å². The van der Waals surface area contributed by atoms with Crippen LogP contribution in [0.1, 0.15) is 16.1 Å². The number of carbonyl (C=O) groups is 1. The van der Waals surface area contributed by atoms with Crippen molar-refractivity contribution in [2.75, 3.05) is 12.4 Å². The maximum absolute atomic E-state index is 12.5. The van der Waals surface area contributed by atoms with Crippen molar-refractivity contribution in [3.63, 3.8) is 0 Å². The number of hydrogen-bond donors (Lipinski definition) is 2. The minimum absolute atomic E-state index is 0.0814. The number of hydrogen-bond acceptors (Lipinski definition) is 5. The van der Waals surface area contributed by atoms with Crippen LogP contribution in [0, 0.1) is 6.92 Å². The molecule has 0 unspecified atom stereocenters. The number of benzene rings is 1. The number of furan rings is 1. The van der Waals surface area contributed by atoms with Gasteiger partial charge in [0.1, 0.15) is 11.6 Å². The lowest BCUT2D eigenvalue weighted by Crippen LogP contribution is -2.18. The van der Waals surface area contributed by atoms with Gasteiger partial charge in [-0.15, -0.1) is 0 Å². The summed E-state index contributed by atoms with van der Waals surface area (Å²) < 4.78 is 30.9. The van der Waals surface area contributed by atoms with E-state index in [9.17, 15) is 13.2 Å². The molecule has 136 valence electrons. The first kappa shape index (κ1) is 18.7. The number of aromatic nitrogens is 1. The van der Waals surface area contributed by atoms with Gasteiger partial charge in [-0.25, -0.2) is 18.1 Å². The quantitative estimate of drug-likeness (QED) is 0.679. The Balaban J connectivity index is 1.93. The first-order valence-corrected chi connectivity index (χ1v) is 9.57. The summed E-state index contributed by atoms with van der Waals surface area (Å²) in [6, 6.07) is 7.91. The SMILES string of the molecule is CNS(=O)(=O)c1cc(C(=O)Nc2ccc3ccc(Cl)c(Cl)c3n2)c(C)o1. The maximum atomic E-state index is 12.5. The average molecular weight is 414 g/mol. The van der Waals surface area contributed by atoms with E-state index in [1.807, 2.05) is 0 Å². The zero-order valence-electron chi connectivity index (χ0n) is 13.6. The van der Waals surface area contributed by atoms with E-state index >= 15 is 0 Å². The minimum Gasteiger partial charge on any atom is -0.448 e. The second kappa shape index (κ2) is 6.88. The number of sulfonamides is 1. The maximum Gasteiger partial charge on any atom is 0.273 e. The molecule has 2 aromatic heterocycles.